The van der Waals surface area contributed by atoms with E-state index in [0.717, 1.165) is 0 Å². The molecule has 0 unspecified atom stereocenters. The summed E-state index contributed by atoms with van der Waals surface area (Å²) >= 11 is 0. The molecule has 0 radical (unpaired) electrons. The maximum absolute atomic E-state index is 12.6. The van der Waals surface area contributed by atoms with Crippen LogP contribution in [0.4, 0.5) is 0 Å². The van der Waals surface area contributed by atoms with Crippen LogP contribution in [0.2, 0.25) is 0 Å². The molecule has 0 bridgehead atoms. The Hall–Kier alpha value is -2.15. The molecule has 0 fully saturated rings. The molecule has 2 aromatic rings. The maximum atomic E-state index is 12.6. The Morgan fingerprint density at radius 1 is 1.00 bits per heavy atom. The zero-order valence-corrected chi connectivity index (χ0v) is 7.91. The first-order chi connectivity index (χ1) is 12.8. The van der Waals surface area contributed by atoms with Crippen molar-refractivity contribution in [3.05, 3.63) is 77.6 Å². The van der Waals surface area contributed by atoms with Gasteiger partial charge in [0.15, 0.2) is 5.78 Å². The fraction of sp³-hybridized carbons (Fsp3) is 0. The second-order valence-corrected chi connectivity index (χ2v) is 2.58. The molecule has 0 aliphatic heterocycles. The van der Waals surface area contributed by atoms with Crippen molar-refractivity contribution in [2.45, 2.75) is 0 Å². The third-order valence-electron chi connectivity index (χ3n) is 1.53. The molecule has 1 heteroatoms. The second-order valence-electron chi connectivity index (χ2n) is 2.58. The van der Waals surface area contributed by atoms with Gasteiger partial charge in [0.1, 0.15) is 0 Å². The quantitative estimate of drug-likeness (QED) is 0.570. The van der Waals surface area contributed by atoms with Crippen LogP contribution in [-0.4, -0.2) is 5.78 Å². The van der Waals surface area contributed by atoms with Crippen LogP contribution in [0.1, 0.15) is 32.4 Å². The van der Waals surface area contributed by atoms with Crippen LogP contribution in [0.15, 0.2) is 66.5 Å². The number of carbonyl (C=O) groups excluding carboxylic acids is 1. The Labute approximate surface area is 112 Å². The van der Waals surface area contributed by atoms with Gasteiger partial charge >= 0.3 is 0 Å². The van der Waals surface area contributed by atoms with Gasteiger partial charge in [-0.1, -0.05) is 66.5 Å². The number of hydrogen-bond acceptors (Lipinski definition) is 1. The molecule has 2 rings (SSSR count). The number of rotatable bonds is 3. The molecule has 2 aromatic carbocycles. The van der Waals surface area contributed by atoms with E-state index in [2.05, 4.69) is 0 Å². The summed E-state index contributed by atoms with van der Waals surface area (Å²) in [4.78, 5) is 12.6. The van der Waals surface area contributed by atoms with E-state index >= 15 is 0 Å². The smallest absolute Gasteiger partial charge is 0.185 e. The molecular formula is C15H12O. The highest BCUT2D eigenvalue weighted by molar-refractivity contribution is 6.06. The molecule has 0 N–H and O–H groups in total. The summed E-state index contributed by atoms with van der Waals surface area (Å²) in [5.41, 5.74) is -1.54. The lowest BCUT2D eigenvalue weighted by Gasteiger charge is -1.94. The molecule has 16 heavy (non-hydrogen) atoms. The lowest BCUT2D eigenvalue weighted by atomic mass is 10.1. The molecule has 0 atom stereocenters. The largest absolute Gasteiger partial charge is 0.289 e. The lowest BCUT2D eigenvalue weighted by Crippen LogP contribution is -1.92. The first-order valence-electron chi connectivity index (χ1n) is 10.2. The van der Waals surface area contributed by atoms with E-state index in [1.165, 1.54) is 0 Å². The summed E-state index contributed by atoms with van der Waals surface area (Å²) in [6.45, 7) is 0. The Kier molecular flexibility index (Phi) is 1.01. The van der Waals surface area contributed by atoms with Gasteiger partial charge in [0, 0.05) is 5.56 Å². The SMILES string of the molecule is [2H]C(C(=O)c1c([2H])c([2H])c([2H])c([2H])c1[2H])=C([2H])c1c([2H])c([2H])c([2H])c([2H])c1[2H]. The summed E-state index contributed by atoms with van der Waals surface area (Å²) in [5.74, 6) is -1.39. The zero-order chi connectivity index (χ0) is 21.7. The van der Waals surface area contributed by atoms with Crippen molar-refractivity contribution in [3.8, 4) is 0 Å². The molecule has 0 aliphatic rings. The van der Waals surface area contributed by atoms with Crippen molar-refractivity contribution in [1.29, 1.82) is 0 Å². The maximum Gasteiger partial charge on any atom is 0.185 e. The summed E-state index contributed by atoms with van der Waals surface area (Å²) in [6.07, 6.45) is 0. The fourth-order valence-corrected chi connectivity index (χ4v) is 0.858. The number of benzene rings is 2. The molecule has 0 heterocycles. The minimum atomic E-state index is -1.39. The molecule has 0 aromatic heterocycles. The summed E-state index contributed by atoms with van der Waals surface area (Å²) in [5, 5.41) is 0. The van der Waals surface area contributed by atoms with E-state index in [0.29, 0.717) is 0 Å². The van der Waals surface area contributed by atoms with E-state index in [9.17, 15) is 4.79 Å². The van der Waals surface area contributed by atoms with E-state index in [1.54, 1.807) is 0 Å². The highest BCUT2D eigenvalue weighted by atomic mass is 16.1. The molecule has 0 amide bonds. The van der Waals surface area contributed by atoms with Crippen molar-refractivity contribution in [1.82, 2.24) is 0 Å². The minimum Gasteiger partial charge on any atom is -0.289 e. The first-order valence-corrected chi connectivity index (χ1v) is 4.20. The average molecular weight is 220 g/mol. The second kappa shape index (κ2) is 5.08. The predicted molar refractivity (Wildman–Crippen MR) is 66.2 cm³/mol. The Bertz CT molecular complexity index is 998. The van der Waals surface area contributed by atoms with Crippen molar-refractivity contribution in [2.75, 3.05) is 0 Å². The third-order valence-corrected chi connectivity index (χ3v) is 1.53. The van der Waals surface area contributed by atoms with Gasteiger partial charge in [0.2, 0.25) is 0 Å². The molecule has 78 valence electrons. The van der Waals surface area contributed by atoms with E-state index in [-0.39, 0.29) is 0 Å². The van der Waals surface area contributed by atoms with Gasteiger partial charge in [0.05, 0.1) is 16.4 Å². The molecule has 0 spiro atoms. The summed E-state index contributed by atoms with van der Waals surface area (Å²) in [6, 6.07) is -10.1. The number of ketones is 1. The van der Waals surface area contributed by atoms with Gasteiger partial charge in [-0.2, -0.15) is 0 Å². The summed E-state index contributed by atoms with van der Waals surface area (Å²) in [7, 11) is 0. The third kappa shape index (κ3) is 2.67. The normalized spacial score (nSPS) is 22.2. The molecule has 1 nitrogen and oxygen atoms in total. The number of carbonyl (C=O) groups is 1. The van der Waals surface area contributed by atoms with E-state index < -0.39 is 89.4 Å². The van der Waals surface area contributed by atoms with Crippen LogP contribution >= 0.6 is 0 Å². The van der Waals surface area contributed by atoms with E-state index in [1.807, 2.05) is 0 Å². The van der Waals surface area contributed by atoms with Crippen LogP contribution < -0.4 is 0 Å². The van der Waals surface area contributed by atoms with Gasteiger partial charge in [0.25, 0.3) is 0 Å². The van der Waals surface area contributed by atoms with Gasteiger partial charge in [-0.25, -0.2) is 0 Å². The highest BCUT2D eigenvalue weighted by Crippen LogP contribution is 2.05. The fourth-order valence-electron chi connectivity index (χ4n) is 0.858. The first kappa shape index (κ1) is 3.17. The van der Waals surface area contributed by atoms with Crippen LogP contribution in [0.5, 0.6) is 0 Å². The van der Waals surface area contributed by atoms with Crippen molar-refractivity contribution in [3.63, 3.8) is 0 Å². The van der Waals surface area contributed by atoms with Gasteiger partial charge in [-0.15, -0.1) is 0 Å². The van der Waals surface area contributed by atoms with Crippen molar-refractivity contribution < 1.29 is 21.2 Å². The minimum absolute atomic E-state index is 0.697. The standard InChI is InChI=1S/C15H12O/c16-15(14-9-5-2-6-10-14)12-11-13-7-3-1-4-8-13/h1-12H/i1D,2D,3D,4D,5D,6D,7D,8D,9D,10D,11D,12D. The Morgan fingerprint density at radius 3 is 2.19 bits per heavy atom. The number of allylic oxidation sites excluding steroid dienone is 1. The average Bonchev–Trinajstić information content (AvgIpc) is 2.67. The van der Waals surface area contributed by atoms with Crippen LogP contribution in [0, 0.1) is 0 Å². The number of hydrogen-bond donors (Lipinski definition) is 0. The molecular weight excluding hydrogens is 196 g/mol. The zero-order valence-electron chi connectivity index (χ0n) is 19.9. The van der Waals surface area contributed by atoms with E-state index in [4.69, 9.17) is 16.4 Å². The molecule has 0 saturated carbocycles. The van der Waals surface area contributed by atoms with Crippen LogP contribution in [0.25, 0.3) is 6.05 Å². The van der Waals surface area contributed by atoms with Gasteiger partial charge < -0.3 is 0 Å². The molecule has 0 saturated heterocycles. The Morgan fingerprint density at radius 2 is 1.56 bits per heavy atom. The van der Waals surface area contributed by atoms with Crippen LogP contribution in [0.3, 0.4) is 0 Å². The van der Waals surface area contributed by atoms with Crippen molar-refractivity contribution in [2.24, 2.45) is 0 Å². The lowest BCUT2D eigenvalue weighted by molar-refractivity contribution is 0.104. The topological polar surface area (TPSA) is 17.1 Å². The predicted octanol–water partition coefficient (Wildman–Crippen LogP) is 3.58. The van der Waals surface area contributed by atoms with Gasteiger partial charge in [-0.05, 0) is 11.6 Å². The van der Waals surface area contributed by atoms with Crippen LogP contribution in [-0.2, 0) is 0 Å². The monoisotopic (exact) mass is 220 g/mol. The highest BCUT2D eigenvalue weighted by Gasteiger charge is 1.98. The molecule has 0 aliphatic carbocycles. The summed E-state index contributed by atoms with van der Waals surface area (Å²) < 4.78 is 92.4. The van der Waals surface area contributed by atoms with Crippen molar-refractivity contribution >= 4 is 11.8 Å². The van der Waals surface area contributed by atoms with Gasteiger partial charge in [-0.3, -0.25) is 4.79 Å². The Balaban J connectivity index is 2.79.